The van der Waals surface area contributed by atoms with Gasteiger partial charge in [-0.05, 0) is 24.8 Å². The molecule has 0 bridgehead atoms. The molecule has 0 fully saturated rings. The molecule has 5 N–H and O–H groups in total. The zero-order valence-corrected chi connectivity index (χ0v) is 14.6. The van der Waals surface area contributed by atoms with E-state index >= 15 is 0 Å². The van der Waals surface area contributed by atoms with E-state index in [1.165, 1.54) is 6.92 Å². The van der Waals surface area contributed by atoms with Gasteiger partial charge in [-0.25, -0.2) is 4.79 Å². The Kier molecular flexibility index (Phi) is 10.6. The monoisotopic (exact) mass is 354 g/mol. The molecule has 0 saturated heterocycles. The van der Waals surface area contributed by atoms with Crippen LogP contribution in [0.25, 0.3) is 0 Å². The molecule has 1 aromatic carbocycles. The van der Waals surface area contributed by atoms with E-state index in [0.717, 1.165) is 5.56 Å². The maximum Gasteiger partial charge on any atom is 0.408 e. The lowest BCUT2D eigenvalue weighted by Gasteiger charge is -2.09. The molecule has 0 aliphatic rings. The molecule has 0 spiro atoms. The van der Waals surface area contributed by atoms with Gasteiger partial charge < -0.3 is 26.0 Å². The second kappa shape index (κ2) is 11.9. The van der Waals surface area contributed by atoms with Gasteiger partial charge in [0.15, 0.2) is 0 Å². The molecule has 1 aromatic rings. The molecule has 25 heavy (non-hydrogen) atoms. The zero-order chi connectivity index (χ0) is 19.4. The average molecular weight is 354 g/mol. The highest BCUT2D eigenvalue weighted by Gasteiger charge is 2.14. The van der Waals surface area contributed by atoms with Gasteiger partial charge in [0.1, 0.15) is 18.7 Å². The van der Waals surface area contributed by atoms with Gasteiger partial charge in [-0.1, -0.05) is 44.2 Å². The van der Waals surface area contributed by atoms with E-state index in [0.29, 0.717) is 12.3 Å². The van der Waals surface area contributed by atoms with E-state index in [4.69, 9.17) is 20.7 Å². The van der Waals surface area contributed by atoms with Crippen LogP contribution in [0.4, 0.5) is 4.79 Å². The molecule has 8 heteroatoms. The van der Waals surface area contributed by atoms with Crippen LogP contribution in [-0.4, -0.2) is 40.3 Å². The van der Waals surface area contributed by atoms with Crippen molar-refractivity contribution in [3.63, 3.8) is 0 Å². The number of nitrogens with one attached hydrogen (secondary N) is 1. The second-order valence-electron chi connectivity index (χ2n) is 5.84. The van der Waals surface area contributed by atoms with Crippen molar-refractivity contribution >= 4 is 18.0 Å². The first-order valence-electron chi connectivity index (χ1n) is 7.81. The highest BCUT2D eigenvalue weighted by Crippen LogP contribution is 2.02. The van der Waals surface area contributed by atoms with Crippen molar-refractivity contribution in [3.05, 3.63) is 35.9 Å². The maximum absolute atomic E-state index is 11.1. The van der Waals surface area contributed by atoms with Crippen molar-refractivity contribution in [1.82, 2.24) is 5.32 Å². The van der Waals surface area contributed by atoms with Gasteiger partial charge in [-0.15, -0.1) is 0 Å². The summed E-state index contributed by atoms with van der Waals surface area (Å²) in [6.07, 6.45) is -0.186. The zero-order valence-electron chi connectivity index (χ0n) is 14.6. The van der Waals surface area contributed by atoms with Crippen LogP contribution in [0.2, 0.25) is 0 Å². The van der Waals surface area contributed by atoms with Crippen LogP contribution in [-0.2, 0) is 20.9 Å². The Bertz CT molecular complexity index is 547. The van der Waals surface area contributed by atoms with Crippen LogP contribution in [0.1, 0.15) is 32.8 Å². The number of carbonyl (C=O) groups is 3. The van der Waals surface area contributed by atoms with Gasteiger partial charge in [-0.3, -0.25) is 9.59 Å². The number of aliphatic carboxylic acids is 2. The summed E-state index contributed by atoms with van der Waals surface area (Å²) < 4.78 is 4.84. The Hall–Kier alpha value is -2.61. The normalized spacial score (nSPS) is 12.4. The van der Waals surface area contributed by atoms with E-state index in [1.54, 1.807) is 0 Å². The van der Waals surface area contributed by atoms with Crippen LogP contribution < -0.4 is 11.1 Å². The van der Waals surface area contributed by atoms with Crippen molar-refractivity contribution in [2.24, 2.45) is 11.7 Å². The van der Waals surface area contributed by atoms with Gasteiger partial charge in [0.05, 0.1) is 0 Å². The summed E-state index contributed by atoms with van der Waals surface area (Å²) in [7, 11) is 0. The molecule has 0 aliphatic carbocycles. The number of rotatable bonds is 7. The van der Waals surface area contributed by atoms with Crippen LogP contribution in [0.3, 0.4) is 0 Å². The highest BCUT2D eigenvalue weighted by atomic mass is 16.5. The molecule has 0 heterocycles. The number of benzene rings is 1. The van der Waals surface area contributed by atoms with Gasteiger partial charge in [0.25, 0.3) is 0 Å². The molecule has 8 nitrogen and oxygen atoms in total. The molecule has 0 unspecified atom stereocenters. The van der Waals surface area contributed by atoms with Crippen molar-refractivity contribution < 1.29 is 29.3 Å². The Morgan fingerprint density at radius 2 is 1.64 bits per heavy atom. The molecule has 1 amide bonds. The highest BCUT2D eigenvalue weighted by molar-refractivity contribution is 5.79. The third kappa shape index (κ3) is 11.5. The van der Waals surface area contributed by atoms with Gasteiger partial charge in [0, 0.05) is 0 Å². The summed E-state index contributed by atoms with van der Waals surface area (Å²) in [6, 6.07) is 7.50. The standard InChI is InChI=1S/C11H13NO4.C6H13NO2/c1-8(10(13)14)12-11(15)16-7-9-5-3-2-4-6-9;1-4(2)3-5(7)6(8)9/h2-6,8H,7H2,1H3,(H,12,15)(H,13,14);4-5H,3,7H2,1-2H3,(H,8,9)/t8-;5-/m00/s1. The van der Waals surface area contributed by atoms with Gasteiger partial charge in [-0.2, -0.15) is 0 Å². The summed E-state index contributed by atoms with van der Waals surface area (Å²) in [5.41, 5.74) is 6.07. The van der Waals surface area contributed by atoms with Crippen molar-refractivity contribution in [1.29, 1.82) is 0 Å². The first-order chi connectivity index (χ1) is 11.6. The van der Waals surface area contributed by atoms with Crippen LogP contribution in [0.15, 0.2) is 30.3 Å². The number of carbonyl (C=O) groups excluding carboxylic acids is 1. The second-order valence-corrected chi connectivity index (χ2v) is 5.84. The molecule has 0 saturated carbocycles. The minimum absolute atomic E-state index is 0.124. The number of carboxylic acids is 2. The summed E-state index contributed by atoms with van der Waals surface area (Å²) in [4.78, 5) is 31.7. The van der Waals surface area contributed by atoms with E-state index in [9.17, 15) is 14.4 Å². The number of hydrogen-bond acceptors (Lipinski definition) is 5. The molecule has 2 atom stereocenters. The van der Waals surface area contributed by atoms with E-state index in [2.05, 4.69) is 5.32 Å². The van der Waals surface area contributed by atoms with Crippen LogP contribution in [0.5, 0.6) is 0 Å². The molecule has 0 aliphatic heterocycles. The number of amides is 1. The van der Waals surface area contributed by atoms with Crippen LogP contribution >= 0.6 is 0 Å². The third-order valence-corrected chi connectivity index (χ3v) is 2.96. The topological polar surface area (TPSA) is 139 Å². The predicted molar refractivity (Wildman–Crippen MR) is 91.9 cm³/mol. The van der Waals surface area contributed by atoms with Gasteiger partial charge in [0.2, 0.25) is 0 Å². The molecule has 1 rings (SSSR count). The smallest absolute Gasteiger partial charge is 0.408 e. The Balaban J connectivity index is 0.000000547. The molecule has 0 aromatic heterocycles. The summed E-state index contributed by atoms with van der Waals surface area (Å²) >= 11 is 0. The summed E-state index contributed by atoms with van der Waals surface area (Å²) in [6.45, 7) is 5.39. The minimum Gasteiger partial charge on any atom is -0.480 e. The van der Waals surface area contributed by atoms with E-state index in [-0.39, 0.29) is 6.61 Å². The molecule has 0 radical (unpaired) electrons. The fourth-order valence-electron chi connectivity index (χ4n) is 1.61. The number of ether oxygens (including phenoxy) is 1. The SMILES string of the molecule is CC(C)C[C@H](N)C(=O)O.C[C@H](NC(=O)OCc1ccccc1)C(=O)O. The fraction of sp³-hybridized carbons (Fsp3) is 0.471. The minimum atomic E-state index is -1.10. The lowest BCUT2D eigenvalue weighted by atomic mass is 10.1. The predicted octanol–water partition coefficient (Wildman–Crippen LogP) is 1.83. The Morgan fingerprint density at radius 3 is 2.04 bits per heavy atom. The van der Waals surface area contributed by atoms with Gasteiger partial charge >= 0.3 is 18.0 Å². The Labute approximate surface area is 147 Å². The van der Waals surface area contributed by atoms with Crippen molar-refractivity contribution in [3.8, 4) is 0 Å². The largest absolute Gasteiger partial charge is 0.480 e. The molecular weight excluding hydrogens is 328 g/mol. The van der Waals surface area contributed by atoms with E-state index < -0.39 is 30.1 Å². The lowest BCUT2D eigenvalue weighted by molar-refractivity contribution is -0.139. The van der Waals surface area contributed by atoms with E-state index in [1.807, 2.05) is 44.2 Å². The molecular formula is C17H26N2O6. The quantitative estimate of drug-likeness (QED) is 0.586. The summed E-state index contributed by atoms with van der Waals surface area (Å²) in [5.74, 6) is -1.66. The molecule has 140 valence electrons. The number of alkyl carbamates (subject to hydrolysis) is 1. The fourth-order valence-corrected chi connectivity index (χ4v) is 1.61. The first kappa shape index (κ1) is 22.4. The number of nitrogens with two attached hydrogens (primary N) is 1. The van der Waals surface area contributed by atoms with Crippen LogP contribution in [0, 0.1) is 5.92 Å². The number of carboxylic acid groups (broad SMARTS) is 2. The first-order valence-corrected chi connectivity index (χ1v) is 7.81. The summed E-state index contributed by atoms with van der Waals surface area (Å²) in [5, 5.41) is 19.0. The average Bonchev–Trinajstić information content (AvgIpc) is 2.53. The lowest BCUT2D eigenvalue weighted by Crippen LogP contribution is -2.38. The number of hydrogen-bond donors (Lipinski definition) is 4. The van der Waals surface area contributed by atoms with Crippen molar-refractivity contribution in [2.75, 3.05) is 0 Å². The maximum atomic E-state index is 11.1. The van der Waals surface area contributed by atoms with Crippen molar-refractivity contribution in [2.45, 2.75) is 45.9 Å². The Morgan fingerprint density at radius 1 is 1.08 bits per heavy atom. The third-order valence-electron chi connectivity index (χ3n) is 2.96.